The Balaban J connectivity index is 1.56. The van der Waals surface area contributed by atoms with Crippen LogP contribution in [0.15, 0.2) is 35.5 Å². The zero-order valence-corrected chi connectivity index (χ0v) is 21.9. The van der Waals surface area contributed by atoms with Crippen molar-refractivity contribution in [2.75, 3.05) is 6.61 Å². The van der Waals surface area contributed by atoms with Crippen LogP contribution < -0.4 is 10.6 Å². The predicted molar refractivity (Wildman–Crippen MR) is 141 cm³/mol. The molecule has 1 aliphatic heterocycles. The first-order valence-corrected chi connectivity index (χ1v) is 13.8. The summed E-state index contributed by atoms with van der Waals surface area (Å²) in [6.07, 6.45) is 19.4. The second kappa shape index (κ2) is 17.0. The number of phenols is 1. The lowest BCUT2D eigenvalue weighted by atomic mass is 9.95. The van der Waals surface area contributed by atoms with Gasteiger partial charge in [-0.05, 0) is 31.0 Å². The molecule has 196 valence electrons. The van der Waals surface area contributed by atoms with Gasteiger partial charge in [0.15, 0.2) is 0 Å². The van der Waals surface area contributed by atoms with E-state index in [1.165, 1.54) is 83.5 Å². The molecule has 0 spiro atoms. The van der Waals surface area contributed by atoms with Gasteiger partial charge in [-0.1, -0.05) is 109 Å². The van der Waals surface area contributed by atoms with E-state index in [9.17, 15) is 14.7 Å². The molecule has 3 N–H and O–H groups in total. The van der Waals surface area contributed by atoms with Gasteiger partial charge in [0, 0.05) is 5.70 Å². The molecule has 0 bridgehead atoms. The Labute approximate surface area is 211 Å². The number of unbranched alkanes of at least 4 members (excludes halogenated alkanes) is 14. The lowest BCUT2D eigenvalue weighted by Crippen LogP contribution is -2.45. The minimum absolute atomic E-state index is 0.0819. The molecule has 0 saturated carbocycles. The minimum Gasteiger partial charge on any atom is -0.508 e. The van der Waals surface area contributed by atoms with E-state index in [4.69, 9.17) is 4.74 Å². The van der Waals surface area contributed by atoms with Crippen LogP contribution in [0, 0.1) is 0 Å². The van der Waals surface area contributed by atoms with Crippen molar-refractivity contribution < 1.29 is 19.4 Å². The molecule has 2 rings (SSSR count). The monoisotopic (exact) mass is 486 g/mol. The number of phenolic OH excluding ortho intramolecular Hbond substituents is 1. The highest BCUT2D eigenvalue weighted by Gasteiger charge is 2.32. The van der Waals surface area contributed by atoms with Crippen molar-refractivity contribution in [3.8, 4) is 5.75 Å². The van der Waals surface area contributed by atoms with E-state index in [2.05, 4.69) is 17.6 Å². The van der Waals surface area contributed by atoms with Gasteiger partial charge in [-0.15, -0.1) is 0 Å². The van der Waals surface area contributed by atoms with Gasteiger partial charge in [-0.25, -0.2) is 9.59 Å². The number of nitrogens with one attached hydrogen (secondary N) is 2. The Bertz CT molecular complexity index is 806. The van der Waals surface area contributed by atoms with Gasteiger partial charge < -0.3 is 20.5 Å². The highest BCUT2D eigenvalue weighted by atomic mass is 16.5. The number of ether oxygens (including phenoxy) is 1. The first-order valence-electron chi connectivity index (χ1n) is 13.8. The van der Waals surface area contributed by atoms with Crippen molar-refractivity contribution >= 4 is 12.0 Å². The summed E-state index contributed by atoms with van der Waals surface area (Å²) in [7, 11) is 0. The van der Waals surface area contributed by atoms with Crippen LogP contribution in [0.1, 0.15) is 122 Å². The molecule has 6 nitrogen and oxygen atoms in total. The van der Waals surface area contributed by atoms with Crippen LogP contribution >= 0.6 is 0 Å². The lowest BCUT2D eigenvalue weighted by molar-refractivity contribution is -0.139. The fourth-order valence-electron chi connectivity index (χ4n) is 4.63. The van der Waals surface area contributed by atoms with E-state index < -0.39 is 12.0 Å². The third kappa shape index (κ3) is 11.2. The molecule has 6 heteroatoms. The summed E-state index contributed by atoms with van der Waals surface area (Å²) >= 11 is 0. The SMILES string of the molecule is CCCCCCCCCCCCCCCCCOC(=O)C1=C(C)NC(=O)NC1c1cccc(O)c1. The fraction of sp³-hybridized carbons (Fsp3) is 0.655. The summed E-state index contributed by atoms with van der Waals surface area (Å²) in [4.78, 5) is 24.8. The maximum Gasteiger partial charge on any atom is 0.338 e. The highest BCUT2D eigenvalue weighted by molar-refractivity contribution is 5.95. The summed E-state index contributed by atoms with van der Waals surface area (Å²) < 4.78 is 5.53. The number of allylic oxidation sites excluding steroid dienone is 1. The molecule has 1 unspecified atom stereocenters. The summed E-state index contributed by atoms with van der Waals surface area (Å²) in [6.45, 7) is 4.33. The number of aromatic hydroxyl groups is 1. The molecule has 0 fully saturated rings. The molecule has 1 aromatic carbocycles. The third-order valence-corrected chi connectivity index (χ3v) is 6.67. The number of hydrogen-bond acceptors (Lipinski definition) is 4. The van der Waals surface area contributed by atoms with Crippen LogP contribution in [0.2, 0.25) is 0 Å². The van der Waals surface area contributed by atoms with Crippen molar-refractivity contribution in [2.24, 2.45) is 0 Å². The van der Waals surface area contributed by atoms with E-state index in [-0.39, 0.29) is 11.8 Å². The Morgan fingerprint density at radius 1 is 0.886 bits per heavy atom. The quantitative estimate of drug-likeness (QED) is 0.149. The Hall–Kier alpha value is -2.50. The number of esters is 1. The predicted octanol–water partition coefficient (Wildman–Crippen LogP) is 7.43. The van der Waals surface area contributed by atoms with Crippen molar-refractivity contribution in [1.29, 1.82) is 0 Å². The van der Waals surface area contributed by atoms with Crippen molar-refractivity contribution in [1.82, 2.24) is 10.6 Å². The Kier molecular flexibility index (Phi) is 14.0. The van der Waals surface area contributed by atoms with Crippen molar-refractivity contribution in [3.63, 3.8) is 0 Å². The number of carbonyl (C=O) groups excluding carboxylic acids is 2. The molecule has 1 aromatic rings. The first-order chi connectivity index (χ1) is 17.0. The average Bonchev–Trinajstić information content (AvgIpc) is 2.83. The summed E-state index contributed by atoms with van der Waals surface area (Å²) in [5, 5.41) is 15.2. The smallest absolute Gasteiger partial charge is 0.338 e. The maximum absolute atomic E-state index is 12.8. The second-order valence-corrected chi connectivity index (χ2v) is 9.75. The number of carbonyl (C=O) groups is 2. The van der Waals surface area contributed by atoms with Gasteiger partial charge in [0.05, 0.1) is 18.2 Å². The van der Waals surface area contributed by atoms with Crippen LogP contribution in [0.3, 0.4) is 0 Å². The number of hydrogen-bond donors (Lipinski definition) is 3. The van der Waals surface area contributed by atoms with Crippen LogP contribution in [-0.2, 0) is 9.53 Å². The van der Waals surface area contributed by atoms with Crippen LogP contribution in [0.25, 0.3) is 0 Å². The molecular weight excluding hydrogens is 440 g/mol. The van der Waals surface area contributed by atoms with Crippen molar-refractivity contribution in [2.45, 2.75) is 116 Å². The van der Waals surface area contributed by atoms with E-state index in [0.29, 0.717) is 23.4 Å². The van der Waals surface area contributed by atoms with E-state index in [1.807, 2.05) is 0 Å². The summed E-state index contributed by atoms with van der Waals surface area (Å²) in [5.74, 6) is -0.354. The molecule has 0 radical (unpaired) electrons. The van der Waals surface area contributed by atoms with E-state index in [1.54, 1.807) is 31.2 Å². The van der Waals surface area contributed by atoms with E-state index in [0.717, 1.165) is 12.8 Å². The number of rotatable bonds is 18. The number of urea groups is 1. The van der Waals surface area contributed by atoms with Crippen LogP contribution in [-0.4, -0.2) is 23.7 Å². The van der Waals surface area contributed by atoms with Gasteiger partial charge in [0.2, 0.25) is 0 Å². The summed E-state index contributed by atoms with van der Waals surface area (Å²) in [6, 6.07) is 5.53. The molecule has 2 amide bonds. The first kappa shape index (κ1) is 28.7. The molecule has 1 aliphatic rings. The second-order valence-electron chi connectivity index (χ2n) is 9.75. The Morgan fingerprint density at radius 2 is 1.43 bits per heavy atom. The summed E-state index contributed by atoms with van der Waals surface area (Å²) in [5.41, 5.74) is 1.48. The average molecular weight is 487 g/mol. The molecule has 1 heterocycles. The van der Waals surface area contributed by atoms with E-state index >= 15 is 0 Å². The topological polar surface area (TPSA) is 87.7 Å². The molecule has 0 aromatic heterocycles. The maximum atomic E-state index is 12.8. The normalized spacial score (nSPS) is 15.6. The largest absolute Gasteiger partial charge is 0.508 e. The van der Waals surface area contributed by atoms with Crippen molar-refractivity contribution in [3.05, 3.63) is 41.1 Å². The standard InChI is InChI=1S/C29H46N2O4/c1-3-4-5-6-7-8-9-10-11-12-13-14-15-16-17-21-35-28(33)26-23(2)30-29(34)31-27(26)24-19-18-20-25(32)22-24/h18-20,22,27,32H,3-17,21H2,1-2H3,(H2,30,31,34). The van der Waals surface area contributed by atoms with Gasteiger partial charge in [-0.3, -0.25) is 0 Å². The van der Waals surface area contributed by atoms with Gasteiger partial charge in [-0.2, -0.15) is 0 Å². The Morgan fingerprint density at radius 3 is 1.97 bits per heavy atom. The van der Waals surface area contributed by atoms with Crippen LogP contribution in [0.4, 0.5) is 4.79 Å². The third-order valence-electron chi connectivity index (χ3n) is 6.67. The molecule has 1 atom stereocenters. The molecule has 0 saturated heterocycles. The zero-order chi connectivity index (χ0) is 25.3. The van der Waals surface area contributed by atoms with Gasteiger partial charge in [0.1, 0.15) is 5.75 Å². The molecular formula is C29H46N2O4. The number of benzene rings is 1. The van der Waals surface area contributed by atoms with Crippen LogP contribution in [0.5, 0.6) is 5.75 Å². The van der Waals surface area contributed by atoms with Gasteiger partial charge >= 0.3 is 12.0 Å². The minimum atomic E-state index is -0.649. The highest BCUT2D eigenvalue weighted by Crippen LogP contribution is 2.29. The number of amides is 2. The van der Waals surface area contributed by atoms with Gasteiger partial charge in [0.25, 0.3) is 0 Å². The zero-order valence-electron chi connectivity index (χ0n) is 21.9. The molecule has 35 heavy (non-hydrogen) atoms. The fourth-order valence-corrected chi connectivity index (χ4v) is 4.63. The molecule has 0 aliphatic carbocycles. The lowest BCUT2D eigenvalue weighted by Gasteiger charge is -2.28.